The Hall–Kier alpha value is -2.08. The van der Waals surface area contributed by atoms with Crippen molar-refractivity contribution in [2.24, 2.45) is 0 Å². The molecule has 0 radical (unpaired) electrons. The smallest absolute Gasteiger partial charge is 0.229 e. The number of hydrogen-bond acceptors (Lipinski definition) is 5. The SMILES string of the molecule is COc1cc(OC)cc(-c2nc3nc(Br)ccc3o2)c1. The van der Waals surface area contributed by atoms with Crippen LogP contribution in [0.2, 0.25) is 0 Å². The highest BCUT2D eigenvalue weighted by molar-refractivity contribution is 9.10. The average molecular weight is 335 g/mol. The van der Waals surface area contributed by atoms with Gasteiger partial charge in [-0.15, -0.1) is 0 Å². The van der Waals surface area contributed by atoms with Crippen molar-refractivity contribution in [3.05, 3.63) is 34.9 Å². The van der Waals surface area contributed by atoms with Gasteiger partial charge < -0.3 is 13.9 Å². The fourth-order valence-electron chi connectivity index (χ4n) is 1.85. The predicted molar refractivity (Wildman–Crippen MR) is 78.0 cm³/mol. The zero-order valence-corrected chi connectivity index (χ0v) is 12.5. The number of oxazole rings is 1. The molecule has 102 valence electrons. The average Bonchev–Trinajstić information content (AvgIpc) is 2.89. The lowest BCUT2D eigenvalue weighted by Crippen LogP contribution is -1.88. The van der Waals surface area contributed by atoms with Gasteiger partial charge in [-0.3, -0.25) is 0 Å². The van der Waals surface area contributed by atoms with E-state index in [1.54, 1.807) is 20.3 Å². The van der Waals surface area contributed by atoms with Crippen LogP contribution in [0, 0.1) is 0 Å². The molecule has 0 bridgehead atoms. The second-order valence-electron chi connectivity index (χ2n) is 4.08. The van der Waals surface area contributed by atoms with Crippen LogP contribution in [0.4, 0.5) is 0 Å². The first kappa shape index (κ1) is 12.9. The Morgan fingerprint density at radius 1 is 1.00 bits per heavy atom. The number of methoxy groups -OCH3 is 2. The van der Waals surface area contributed by atoms with Gasteiger partial charge >= 0.3 is 0 Å². The van der Waals surface area contributed by atoms with Gasteiger partial charge in [0.1, 0.15) is 16.1 Å². The fraction of sp³-hybridized carbons (Fsp3) is 0.143. The van der Waals surface area contributed by atoms with Crippen molar-refractivity contribution in [1.29, 1.82) is 0 Å². The highest BCUT2D eigenvalue weighted by Gasteiger charge is 2.12. The molecule has 0 fully saturated rings. The Bertz CT molecular complexity index is 748. The maximum atomic E-state index is 5.70. The third kappa shape index (κ3) is 2.34. The van der Waals surface area contributed by atoms with Crippen LogP contribution in [0.25, 0.3) is 22.7 Å². The second-order valence-corrected chi connectivity index (χ2v) is 4.89. The quantitative estimate of drug-likeness (QED) is 0.684. The lowest BCUT2D eigenvalue weighted by molar-refractivity contribution is 0.394. The summed E-state index contributed by atoms with van der Waals surface area (Å²) < 4.78 is 16.9. The summed E-state index contributed by atoms with van der Waals surface area (Å²) in [6.45, 7) is 0. The maximum absolute atomic E-state index is 5.70. The Morgan fingerprint density at radius 3 is 2.35 bits per heavy atom. The van der Waals surface area contributed by atoms with E-state index in [9.17, 15) is 0 Å². The molecule has 0 aliphatic heterocycles. The first-order chi connectivity index (χ1) is 9.69. The van der Waals surface area contributed by atoms with Gasteiger partial charge in [0, 0.05) is 11.6 Å². The lowest BCUT2D eigenvalue weighted by Gasteiger charge is -2.05. The Morgan fingerprint density at radius 2 is 1.70 bits per heavy atom. The minimum atomic E-state index is 0.475. The highest BCUT2D eigenvalue weighted by atomic mass is 79.9. The van der Waals surface area contributed by atoms with E-state index in [1.165, 1.54) is 0 Å². The topological polar surface area (TPSA) is 57.4 Å². The van der Waals surface area contributed by atoms with Gasteiger partial charge in [-0.2, -0.15) is 4.98 Å². The van der Waals surface area contributed by atoms with Gasteiger partial charge in [0.15, 0.2) is 11.2 Å². The summed E-state index contributed by atoms with van der Waals surface area (Å²) in [6.07, 6.45) is 0. The van der Waals surface area contributed by atoms with Crippen LogP contribution >= 0.6 is 15.9 Å². The van der Waals surface area contributed by atoms with Gasteiger partial charge in [0.25, 0.3) is 0 Å². The number of ether oxygens (including phenoxy) is 2. The van der Waals surface area contributed by atoms with Crippen LogP contribution in [0.1, 0.15) is 0 Å². The van der Waals surface area contributed by atoms with E-state index in [4.69, 9.17) is 13.9 Å². The molecule has 0 aliphatic carbocycles. The Labute approximate surface area is 123 Å². The molecular formula is C14H11BrN2O3. The second kappa shape index (κ2) is 5.13. The van der Waals surface area contributed by atoms with Gasteiger partial charge in [-0.1, -0.05) is 0 Å². The first-order valence-corrected chi connectivity index (χ1v) is 6.65. The zero-order valence-electron chi connectivity index (χ0n) is 10.9. The Kier molecular flexibility index (Phi) is 3.31. The van der Waals surface area contributed by atoms with Crippen molar-refractivity contribution in [3.8, 4) is 23.0 Å². The number of aromatic nitrogens is 2. The molecule has 0 saturated carbocycles. The van der Waals surface area contributed by atoms with Crippen LogP contribution in [0.3, 0.4) is 0 Å². The third-order valence-electron chi connectivity index (χ3n) is 2.82. The van der Waals surface area contributed by atoms with Crippen molar-refractivity contribution in [2.75, 3.05) is 14.2 Å². The van der Waals surface area contributed by atoms with Crippen molar-refractivity contribution in [3.63, 3.8) is 0 Å². The van der Waals surface area contributed by atoms with E-state index in [0.29, 0.717) is 33.2 Å². The summed E-state index contributed by atoms with van der Waals surface area (Å²) in [5.41, 5.74) is 1.96. The molecule has 3 aromatic rings. The number of nitrogens with zero attached hydrogens (tertiary/aromatic N) is 2. The number of halogens is 1. The molecule has 2 aromatic heterocycles. The van der Waals surface area contributed by atoms with Gasteiger partial charge in [-0.05, 0) is 40.2 Å². The summed E-state index contributed by atoms with van der Waals surface area (Å²) >= 11 is 3.31. The van der Waals surface area contributed by atoms with E-state index in [0.717, 1.165) is 5.56 Å². The molecule has 0 N–H and O–H groups in total. The molecule has 0 saturated heterocycles. The molecule has 0 unspecified atom stereocenters. The number of fused-ring (bicyclic) bond motifs is 1. The third-order valence-corrected chi connectivity index (χ3v) is 3.26. The van der Waals surface area contributed by atoms with Crippen LogP contribution in [0.5, 0.6) is 11.5 Å². The molecule has 20 heavy (non-hydrogen) atoms. The van der Waals surface area contributed by atoms with Crippen LogP contribution in [-0.4, -0.2) is 24.2 Å². The summed E-state index contributed by atoms with van der Waals surface area (Å²) in [5.74, 6) is 1.83. The van der Waals surface area contributed by atoms with E-state index in [2.05, 4.69) is 25.9 Å². The van der Waals surface area contributed by atoms with Crippen molar-refractivity contribution >= 4 is 27.2 Å². The lowest BCUT2D eigenvalue weighted by atomic mass is 10.2. The number of hydrogen-bond donors (Lipinski definition) is 0. The summed E-state index contributed by atoms with van der Waals surface area (Å²) in [6, 6.07) is 9.09. The van der Waals surface area contributed by atoms with Gasteiger partial charge in [0.05, 0.1) is 14.2 Å². The largest absolute Gasteiger partial charge is 0.497 e. The van der Waals surface area contributed by atoms with Gasteiger partial charge in [0.2, 0.25) is 5.89 Å². The van der Waals surface area contributed by atoms with Crippen molar-refractivity contribution < 1.29 is 13.9 Å². The first-order valence-electron chi connectivity index (χ1n) is 5.86. The summed E-state index contributed by atoms with van der Waals surface area (Å²) in [5, 5.41) is 0. The summed E-state index contributed by atoms with van der Waals surface area (Å²) in [4.78, 5) is 8.63. The van der Waals surface area contributed by atoms with Crippen molar-refractivity contribution in [1.82, 2.24) is 9.97 Å². The van der Waals surface area contributed by atoms with E-state index < -0.39 is 0 Å². The molecule has 1 aromatic carbocycles. The fourth-order valence-corrected chi connectivity index (χ4v) is 2.15. The maximum Gasteiger partial charge on any atom is 0.229 e. The Balaban J connectivity index is 2.14. The van der Waals surface area contributed by atoms with E-state index in [1.807, 2.05) is 24.3 Å². The molecule has 5 nitrogen and oxygen atoms in total. The minimum absolute atomic E-state index is 0.475. The van der Waals surface area contributed by atoms with Crippen LogP contribution < -0.4 is 9.47 Å². The number of pyridine rings is 1. The molecule has 2 heterocycles. The molecule has 6 heteroatoms. The molecular weight excluding hydrogens is 324 g/mol. The van der Waals surface area contributed by atoms with E-state index in [-0.39, 0.29) is 0 Å². The molecule has 0 spiro atoms. The van der Waals surface area contributed by atoms with Crippen LogP contribution in [0.15, 0.2) is 39.4 Å². The molecule has 0 atom stereocenters. The number of rotatable bonds is 3. The van der Waals surface area contributed by atoms with Crippen molar-refractivity contribution in [2.45, 2.75) is 0 Å². The van der Waals surface area contributed by atoms with E-state index >= 15 is 0 Å². The minimum Gasteiger partial charge on any atom is -0.497 e. The molecule has 0 amide bonds. The number of benzene rings is 1. The molecule has 3 rings (SSSR count). The monoisotopic (exact) mass is 334 g/mol. The van der Waals surface area contributed by atoms with Gasteiger partial charge in [-0.25, -0.2) is 4.98 Å². The normalized spacial score (nSPS) is 10.8. The predicted octanol–water partition coefficient (Wildman–Crippen LogP) is 3.67. The highest BCUT2D eigenvalue weighted by Crippen LogP contribution is 2.31. The zero-order chi connectivity index (χ0) is 14.1. The standard InChI is InChI=1S/C14H11BrN2O3/c1-18-9-5-8(6-10(7-9)19-2)14-17-13-11(20-14)3-4-12(15)16-13/h3-7H,1-2H3. The van der Waals surface area contributed by atoms with Crippen LogP contribution in [-0.2, 0) is 0 Å². The molecule has 0 aliphatic rings. The summed E-state index contributed by atoms with van der Waals surface area (Å²) in [7, 11) is 3.20.